The number of allylic oxidation sites excluding steroid dienone is 3. The number of fused-ring (bicyclic) bond motifs is 9. The lowest BCUT2D eigenvalue weighted by molar-refractivity contribution is 0.946. The van der Waals surface area contributed by atoms with E-state index in [1.54, 1.807) is 6.20 Å². The van der Waals surface area contributed by atoms with Gasteiger partial charge in [-0.15, -0.1) is 0 Å². The van der Waals surface area contributed by atoms with Crippen molar-refractivity contribution in [2.24, 2.45) is 5.73 Å². The first-order valence-corrected chi connectivity index (χ1v) is 18.2. The van der Waals surface area contributed by atoms with Gasteiger partial charge in [0.05, 0.1) is 39.6 Å². The van der Waals surface area contributed by atoms with Crippen LogP contribution in [0.5, 0.6) is 0 Å². The fourth-order valence-corrected chi connectivity index (χ4v) is 8.34. The lowest BCUT2D eigenvalue weighted by atomic mass is 9.84. The summed E-state index contributed by atoms with van der Waals surface area (Å²) < 4.78 is 4.69. The van der Waals surface area contributed by atoms with Crippen LogP contribution in [0.15, 0.2) is 153 Å². The number of aromatic nitrogens is 5. The van der Waals surface area contributed by atoms with Gasteiger partial charge in [0.15, 0.2) is 0 Å². The lowest BCUT2D eigenvalue weighted by Gasteiger charge is -2.21. The summed E-state index contributed by atoms with van der Waals surface area (Å²) in [4.78, 5) is 13.0. The molecule has 5 aromatic heterocycles. The highest BCUT2D eigenvalue weighted by molar-refractivity contribution is 6.15. The van der Waals surface area contributed by atoms with E-state index in [1.807, 2.05) is 43.2 Å². The lowest BCUT2D eigenvalue weighted by Crippen LogP contribution is -2.05. The summed E-state index contributed by atoms with van der Waals surface area (Å²) in [5.74, 6) is 0. The molecule has 0 atom stereocenters. The Bertz CT molecular complexity index is 2920. The first-order valence-electron chi connectivity index (χ1n) is 18.2. The van der Waals surface area contributed by atoms with Crippen molar-refractivity contribution in [2.45, 2.75) is 26.2 Å². The number of aryl methyl sites for hydroxylation is 2. The summed E-state index contributed by atoms with van der Waals surface area (Å²) >= 11 is 0. The zero-order valence-corrected chi connectivity index (χ0v) is 29.4. The van der Waals surface area contributed by atoms with Crippen molar-refractivity contribution >= 4 is 49.3 Å². The molecule has 0 spiro atoms. The maximum Gasteiger partial charge on any atom is 0.0645 e. The van der Waals surface area contributed by atoms with E-state index in [2.05, 4.69) is 134 Å². The highest BCUT2D eigenvalue weighted by Crippen LogP contribution is 2.44. The van der Waals surface area contributed by atoms with Gasteiger partial charge in [0.1, 0.15) is 0 Å². The van der Waals surface area contributed by atoms with Gasteiger partial charge in [0, 0.05) is 58.7 Å². The quantitative estimate of drug-likeness (QED) is 0.177. The smallest absolute Gasteiger partial charge is 0.0645 e. The second-order valence-electron chi connectivity index (χ2n) is 13.8. The van der Waals surface area contributed by atoms with E-state index < -0.39 is 0 Å². The Hall–Kier alpha value is -6.79. The maximum atomic E-state index is 6.39. The molecule has 0 aliphatic heterocycles. The molecule has 0 bridgehead atoms. The van der Waals surface area contributed by atoms with Crippen LogP contribution in [0.2, 0.25) is 0 Å². The van der Waals surface area contributed by atoms with Crippen LogP contribution in [0.1, 0.15) is 24.5 Å². The van der Waals surface area contributed by atoms with Crippen molar-refractivity contribution in [1.29, 1.82) is 0 Å². The SMILES string of the molecule is CC/C=C\C(=C/N)n1c2ccc(-c3ccncc3)cc2c2cc3c(cc21)-c1cc2c(cc1CC3)c1cc(-c3ccncc3)ccc1n2-c1cccnc1. The molecule has 0 saturated heterocycles. The normalized spacial score (nSPS) is 13.0. The average molecular weight is 685 g/mol. The van der Waals surface area contributed by atoms with Crippen LogP contribution < -0.4 is 5.73 Å². The molecule has 5 heterocycles. The molecule has 4 aromatic carbocycles. The van der Waals surface area contributed by atoms with Crippen molar-refractivity contribution in [2.75, 3.05) is 0 Å². The van der Waals surface area contributed by atoms with Gasteiger partial charge in [-0.25, -0.2) is 0 Å². The minimum absolute atomic E-state index is 0.925. The molecule has 10 rings (SSSR count). The Morgan fingerprint density at radius 2 is 1.19 bits per heavy atom. The van der Waals surface area contributed by atoms with E-state index in [-0.39, 0.29) is 0 Å². The van der Waals surface area contributed by atoms with E-state index in [0.717, 1.165) is 58.3 Å². The van der Waals surface area contributed by atoms with Gasteiger partial charge in [0.2, 0.25) is 0 Å². The molecule has 1 aliphatic rings. The number of hydrogen-bond donors (Lipinski definition) is 1. The molecule has 0 fully saturated rings. The number of rotatable bonds is 6. The van der Waals surface area contributed by atoms with Crippen molar-refractivity contribution < 1.29 is 0 Å². The van der Waals surface area contributed by atoms with Crippen LogP contribution in [-0.2, 0) is 12.8 Å². The van der Waals surface area contributed by atoms with Gasteiger partial charge in [-0.2, -0.15) is 0 Å². The van der Waals surface area contributed by atoms with E-state index in [4.69, 9.17) is 5.73 Å². The minimum atomic E-state index is 0.925. The third-order valence-electron chi connectivity index (χ3n) is 10.8. The summed E-state index contributed by atoms with van der Waals surface area (Å²) in [5, 5.41) is 4.92. The third kappa shape index (κ3) is 4.98. The first-order chi connectivity index (χ1) is 26.2. The fraction of sp³-hybridized carbons (Fsp3) is 0.0851. The molecule has 9 aromatic rings. The molecule has 6 nitrogen and oxygen atoms in total. The standard InChI is InChI=1S/C47H36N6/c1-2-3-5-36(28-48)52-44-11-9-32(30-13-18-49-19-14-30)22-40(44)42-24-34-7-8-35-25-43-41-23-33(31-15-20-50-21-16-31)10-12-45(41)53(37-6-4-17-51-29-37)47(43)27-39(35)38(34)26-46(42)52/h3-6,9-29H,2,7-8,48H2,1H3/b5-3-,36-28+. The van der Waals surface area contributed by atoms with Gasteiger partial charge in [0.25, 0.3) is 0 Å². The van der Waals surface area contributed by atoms with Gasteiger partial charge < -0.3 is 14.9 Å². The Labute approximate surface area is 307 Å². The molecular formula is C47H36N6. The number of nitrogens with two attached hydrogens (primary N) is 1. The molecule has 0 radical (unpaired) electrons. The first kappa shape index (κ1) is 31.0. The molecule has 0 amide bonds. The summed E-state index contributed by atoms with van der Waals surface area (Å²) in [7, 11) is 0. The zero-order chi connectivity index (χ0) is 35.5. The number of pyridine rings is 3. The molecule has 6 heteroatoms. The van der Waals surface area contributed by atoms with E-state index >= 15 is 0 Å². The molecule has 1 aliphatic carbocycles. The molecule has 254 valence electrons. The van der Waals surface area contributed by atoms with Gasteiger partial charge >= 0.3 is 0 Å². The van der Waals surface area contributed by atoms with Crippen LogP contribution >= 0.6 is 0 Å². The zero-order valence-electron chi connectivity index (χ0n) is 29.4. The van der Waals surface area contributed by atoms with Crippen molar-refractivity contribution in [3.05, 3.63) is 164 Å². The molecule has 0 unspecified atom stereocenters. The topological polar surface area (TPSA) is 74.6 Å². The monoisotopic (exact) mass is 684 g/mol. The Kier molecular flexibility index (Phi) is 7.29. The highest BCUT2D eigenvalue weighted by Gasteiger charge is 2.24. The summed E-state index contributed by atoms with van der Waals surface area (Å²) in [6, 6.07) is 35.7. The molecule has 53 heavy (non-hydrogen) atoms. The largest absolute Gasteiger partial charge is 0.403 e. The number of hydrogen-bond acceptors (Lipinski definition) is 4. The van der Waals surface area contributed by atoms with Crippen LogP contribution in [0, 0.1) is 0 Å². The van der Waals surface area contributed by atoms with Gasteiger partial charge in [-0.1, -0.05) is 25.1 Å². The third-order valence-corrected chi connectivity index (χ3v) is 10.8. The van der Waals surface area contributed by atoms with E-state index in [9.17, 15) is 0 Å². The number of nitrogens with zero attached hydrogens (tertiary/aromatic N) is 5. The van der Waals surface area contributed by atoms with Gasteiger partial charge in [-0.05, 0) is 155 Å². The van der Waals surface area contributed by atoms with E-state index in [0.29, 0.717) is 0 Å². The van der Waals surface area contributed by atoms with Crippen molar-refractivity contribution in [1.82, 2.24) is 24.1 Å². The molecule has 0 saturated carbocycles. The van der Waals surface area contributed by atoms with E-state index in [1.165, 1.54) is 60.4 Å². The van der Waals surface area contributed by atoms with Gasteiger partial charge in [-0.3, -0.25) is 15.0 Å². The second-order valence-corrected chi connectivity index (χ2v) is 13.8. The number of benzene rings is 4. The van der Waals surface area contributed by atoms with Crippen LogP contribution in [0.4, 0.5) is 0 Å². The summed E-state index contributed by atoms with van der Waals surface area (Å²) in [5.41, 5.74) is 22.9. The van der Waals surface area contributed by atoms with Crippen molar-refractivity contribution in [3.63, 3.8) is 0 Å². The van der Waals surface area contributed by atoms with Crippen molar-refractivity contribution in [3.8, 4) is 39.1 Å². The summed E-state index contributed by atoms with van der Waals surface area (Å²) in [6.45, 7) is 2.15. The summed E-state index contributed by atoms with van der Waals surface area (Å²) in [6.07, 6.45) is 20.1. The molecular weight excluding hydrogens is 649 g/mol. The Morgan fingerprint density at radius 1 is 0.604 bits per heavy atom. The predicted molar refractivity (Wildman–Crippen MR) is 219 cm³/mol. The van der Waals surface area contributed by atoms with Crippen LogP contribution in [0.25, 0.3) is 88.4 Å². The Morgan fingerprint density at radius 3 is 1.79 bits per heavy atom. The predicted octanol–water partition coefficient (Wildman–Crippen LogP) is 10.9. The van der Waals surface area contributed by atoms with Crippen LogP contribution in [-0.4, -0.2) is 24.1 Å². The second kappa shape index (κ2) is 12.5. The minimum Gasteiger partial charge on any atom is -0.403 e. The van der Waals surface area contributed by atoms with Crippen LogP contribution in [0.3, 0.4) is 0 Å². The highest BCUT2D eigenvalue weighted by atomic mass is 15.0. The average Bonchev–Trinajstić information content (AvgIpc) is 3.71. The fourth-order valence-electron chi connectivity index (χ4n) is 8.34. The maximum absolute atomic E-state index is 6.39. The molecule has 2 N–H and O–H groups in total. The Balaban J connectivity index is 1.24.